The second-order valence-electron chi connectivity index (χ2n) is 13.6. The minimum absolute atomic E-state index is 0.0835. The van der Waals surface area contributed by atoms with Gasteiger partial charge in [0.2, 0.25) is 18.2 Å². The fraction of sp³-hybridized carbons (Fsp3) is 0.342. The molecule has 2 aromatic carbocycles. The topological polar surface area (TPSA) is 110 Å². The van der Waals surface area contributed by atoms with E-state index in [2.05, 4.69) is 135 Å². The number of rotatable bonds is 10. The molecule has 0 aliphatic rings. The monoisotopic (exact) mass is 751 g/mol. The Morgan fingerprint density at radius 2 is 1.17 bits per heavy atom. The van der Waals surface area contributed by atoms with E-state index in [1.54, 1.807) is 12.4 Å². The van der Waals surface area contributed by atoms with Gasteiger partial charge in [0.15, 0.2) is 0 Å². The van der Waals surface area contributed by atoms with Gasteiger partial charge in [-0.25, -0.2) is 26.5 Å². The molecule has 4 aromatic rings. The average molecular weight is 752 g/mol. The highest BCUT2D eigenvalue weighted by Gasteiger charge is 2.20. The van der Waals surface area contributed by atoms with Gasteiger partial charge in [-0.15, -0.1) is 0 Å². The maximum absolute atomic E-state index is 9.07. The molecule has 2 heterocycles. The Hall–Kier alpha value is -4.86. The van der Waals surface area contributed by atoms with Crippen molar-refractivity contribution in [2.75, 3.05) is 29.4 Å². The Morgan fingerprint density at radius 3 is 1.56 bits per heavy atom. The molecule has 0 spiro atoms. The van der Waals surface area contributed by atoms with Crippen molar-refractivity contribution in [2.24, 2.45) is 10.8 Å². The number of hydrogen-bond donors (Lipinski definition) is 0. The highest BCUT2D eigenvalue weighted by atomic mass is 127. The molecule has 0 aliphatic heterocycles. The Bertz CT molecular complexity index is 1770. The van der Waals surface area contributed by atoms with Crippen molar-refractivity contribution < 1.29 is 0 Å². The van der Waals surface area contributed by atoms with Crippen LogP contribution >= 0.6 is 22.6 Å². The molecule has 48 heavy (non-hydrogen) atoms. The van der Waals surface area contributed by atoms with Crippen molar-refractivity contribution in [3.05, 3.63) is 122 Å². The summed E-state index contributed by atoms with van der Waals surface area (Å²) >= 11 is 2.30. The molecule has 0 saturated heterocycles. The van der Waals surface area contributed by atoms with Gasteiger partial charge in [-0.3, -0.25) is 0 Å². The van der Waals surface area contributed by atoms with Crippen LogP contribution in [-0.4, -0.2) is 39.6 Å². The molecule has 246 valence electrons. The van der Waals surface area contributed by atoms with Crippen LogP contribution in [0.3, 0.4) is 0 Å². The van der Waals surface area contributed by atoms with Gasteiger partial charge in [0.1, 0.15) is 23.8 Å². The lowest BCUT2D eigenvalue weighted by molar-refractivity contribution is 0.407. The van der Waals surface area contributed by atoms with Crippen LogP contribution in [-0.2, 0) is 13.1 Å². The second kappa shape index (κ2) is 17.9. The van der Waals surface area contributed by atoms with Gasteiger partial charge in [-0.2, -0.15) is 10.5 Å². The molecule has 0 radical (unpaired) electrons. The van der Waals surface area contributed by atoms with Crippen LogP contribution in [0, 0.1) is 43.6 Å². The van der Waals surface area contributed by atoms with Crippen molar-refractivity contribution >= 4 is 40.3 Å². The van der Waals surface area contributed by atoms with Gasteiger partial charge in [0, 0.05) is 42.1 Å². The van der Waals surface area contributed by atoms with E-state index in [9.17, 15) is 0 Å². The lowest BCUT2D eigenvalue weighted by Gasteiger charge is -2.31. The second-order valence-corrected chi connectivity index (χ2v) is 14.9. The standard InChI is InChI=1S/C21H23N5.C17H19IN4/c1-21(2,3)16-26(20-11-13-24-19(14-22)25-20)15-18-9-7-17(8-10-18)6-5-12-23-4;1-17(2,3)12-22(11-13-4-6-14(18)7-5-13)16-8-9-20-15(10-19)21-16/h5-11,13H,12,15-16H2,1-3H3;4-9H,11-12H2,1-3H3/b6-5+;. The Morgan fingerprint density at radius 1 is 0.729 bits per heavy atom. The molecular weight excluding hydrogens is 709 g/mol. The fourth-order valence-electron chi connectivity index (χ4n) is 4.75. The van der Waals surface area contributed by atoms with E-state index in [-0.39, 0.29) is 22.5 Å². The van der Waals surface area contributed by atoms with E-state index in [0.29, 0.717) is 13.1 Å². The van der Waals surface area contributed by atoms with Crippen molar-refractivity contribution in [1.82, 2.24) is 19.9 Å². The Labute approximate surface area is 299 Å². The Kier molecular flexibility index (Phi) is 14.0. The summed E-state index contributed by atoms with van der Waals surface area (Å²) < 4.78 is 1.22. The average Bonchev–Trinajstić information content (AvgIpc) is 3.05. The molecule has 4 rings (SSSR count). The first kappa shape index (κ1) is 37.6. The highest BCUT2D eigenvalue weighted by Crippen LogP contribution is 2.24. The predicted molar refractivity (Wildman–Crippen MR) is 201 cm³/mol. The Balaban J connectivity index is 0.000000264. The molecule has 0 atom stereocenters. The first-order valence-electron chi connectivity index (χ1n) is 15.6. The molecule has 0 unspecified atom stereocenters. The zero-order valence-electron chi connectivity index (χ0n) is 28.5. The molecule has 0 bridgehead atoms. The van der Waals surface area contributed by atoms with Crippen LogP contribution in [0.25, 0.3) is 10.9 Å². The summed E-state index contributed by atoms with van der Waals surface area (Å²) in [5.74, 6) is 1.94. The summed E-state index contributed by atoms with van der Waals surface area (Å²) in [6, 6.07) is 24.4. The van der Waals surface area contributed by atoms with Crippen LogP contribution in [0.1, 0.15) is 69.9 Å². The van der Waals surface area contributed by atoms with Gasteiger partial charge in [0.05, 0.1) is 0 Å². The summed E-state index contributed by atoms with van der Waals surface area (Å²) in [6.07, 6.45) is 7.09. The van der Waals surface area contributed by atoms with E-state index < -0.39 is 0 Å². The lowest BCUT2D eigenvalue weighted by Crippen LogP contribution is -2.33. The summed E-state index contributed by atoms with van der Waals surface area (Å²) in [5.41, 5.74) is 3.67. The molecular formula is C38H42IN9. The lowest BCUT2D eigenvalue weighted by atomic mass is 9.95. The van der Waals surface area contributed by atoms with Gasteiger partial charge < -0.3 is 14.6 Å². The van der Waals surface area contributed by atoms with Crippen LogP contribution in [0.5, 0.6) is 0 Å². The third-order valence-electron chi connectivity index (χ3n) is 6.61. The van der Waals surface area contributed by atoms with E-state index in [0.717, 1.165) is 42.4 Å². The molecule has 2 aromatic heterocycles. The largest absolute Gasteiger partial charge is 0.352 e. The van der Waals surface area contributed by atoms with Crippen LogP contribution in [0.2, 0.25) is 0 Å². The van der Waals surface area contributed by atoms with Crippen molar-refractivity contribution in [3.63, 3.8) is 0 Å². The first-order chi connectivity index (χ1) is 22.8. The molecule has 10 heteroatoms. The quantitative estimate of drug-likeness (QED) is 0.118. The zero-order valence-corrected chi connectivity index (χ0v) is 30.7. The van der Waals surface area contributed by atoms with Crippen LogP contribution < -0.4 is 9.80 Å². The number of aromatic nitrogens is 4. The SMILES string of the molecule is CC(C)(C)CN(Cc1ccc(I)cc1)c1ccnc(C#N)n1.[C-]#[N+]C/C=C/c1ccc(CN(CC(C)(C)C)c2ccnc(C#N)n2)cc1. The number of nitriles is 2. The normalized spacial score (nSPS) is 11.1. The number of halogens is 1. The van der Waals surface area contributed by atoms with Gasteiger partial charge in [0.25, 0.3) is 0 Å². The van der Waals surface area contributed by atoms with Crippen molar-refractivity contribution in [1.29, 1.82) is 10.5 Å². The summed E-state index contributed by atoms with van der Waals surface area (Å²) in [5, 5.41) is 18.1. The van der Waals surface area contributed by atoms with Gasteiger partial charge >= 0.3 is 0 Å². The number of hydrogen-bond acceptors (Lipinski definition) is 8. The van der Waals surface area contributed by atoms with Crippen LogP contribution in [0.15, 0.2) is 79.1 Å². The van der Waals surface area contributed by atoms with Gasteiger partial charge in [-0.1, -0.05) is 84.0 Å². The third-order valence-corrected chi connectivity index (χ3v) is 7.33. The molecule has 0 saturated carbocycles. The summed E-state index contributed by atoms with van der Waals surface area (Å²) in [7, 11) is 0. The highest BCUT2D eigenvalue weighted by molar-refractivity contribution is 14.1. The van der Waals surface area contributed by atoms with Gasteiger partial charge in [-0.05, 0) is 80.5 Å². The molecule has 0 N–H and O–H groups in total. The summed E-state index contributed by atoms with van der Waals surface area (Å²) in [6.45, 7) is 23.4. The molecule has 9 nitrogen and oxygen atoms in total. The first-order valence-corrected chi connectivity index (χ1v) is 16.7. The minimum atomic E-state index is 0.0835. The predicted octanol–water partition coefficient (Wildman–Crippen LogP) is 8.34. The fourth-order valence-corrected chi connectivity index (χ4v) is 5.11. The molecule has 0 amide bonds. The zero-order chi connectivity index (χ0) is 35.2. The maximum Gasteiger partial charge on any atom is 0.234 e. The van der Waals surface area contributed by atoms with Crippen molar-refractivity contribution in [3.8, 4) is 12.1 Å². The van der Waals surface area contributed by atoms with Crippen LogP contribution in [0.4, 0.5) is 11.6 Å². The van der Waals surface area contributed by atoms with E-state index in [1.165, 1.54) is 9.13 Å². The van der Waals surface area contributed by atoms with Crippen molar-refractivity contribution in [2.45, 2.75) is 54.6 Å². The molecule has 0 fully saturated rings. The third kappa shape index (κ3) is 13.5. The summed E-state index contributed by atoms with van der Waals surface area (Å²) in [4.78, 5) is 24.3. The van der Waals surface area contributed by atoms with E-state index in [1.807, 2.05) is 48.6 Å². The number of anilines is 2. The smallest absolute Gasteiger partial charge is 0.234 e. The van der Waals surface area contributed by atoms with E-state index >= 15 is 0 Å². The number of benzene rings is 2. The van der Waals surface area contributed by atoms with E-state index in [4.69, 9.17) is 17.1 Å². The minimum Gasteiger partial charge on any atom is -0.352 e. The molecule has 0 aliphatic carbocycles. The number of nitrogens with zero attached hydrogens (tertiary/aromatic N) is 9. The maximum atomic E-state index is 9.07.